The van der Waals surface area contributed by atoms with Gasteiger partial charge < -0.3 is 4.74 Å². The van der Waals surface area contributed by atoms with Crippen molar-refractivity contribution in [1.29, 1.82) is 0 Å². The maximum absolute atomic E-state index is 12.5. The molecule has 0 heterocycles. The van der Waals surface area contributed by atoms with Crippen molar-refractivity contribution in [2.45, 2.75) is 46.4 Å². The summed E-state index contributed by atoms with van der Waals surface area (Å²) in [6, 6.07) is 0. The smallest absolute Gasteiger partial charge is 0.426 e. The van der Waals surface area contributed by atoms with Crippen LogP contribution in [0.25, 0.3) is 0 Å². The molecule has 2 N–H and O–H groups in total. The molecule has 0 spiro atoms. The molecule has 0 aromatic rings. The van der Waals surface area contributed by atoms with Gasteiger partial charge in [0.05, 0.1) is 0 Å². The SMILES string of the molecule is CC(C)(C)OC(=O)NNC(=O)C(C)(C)C(F)(F)F. The van der Waals surface area contributed by atoms with Gasteiger partial charge in [0.15, 0.2) is 0 Å². The molecule has 0 aliphatic rings. The summed E-state index contributed by atoms with van der Waals surface area (Å²) in [5.74, 6) is -1.37. The zero-order valence-corrected chi connectivity index (χ0v) is 10.9. The molecule has 2 amide bonds. The van der Waals surface area contributed by atoms with Crippen molar-refractivity contribution < 1.29 is 27.5 Å². The monoisotopic (exact) mass is 270 g/mol. The predicted molar refractivity (Wildman–Crippen MR) is 57.3 cm³/mol. The van der Waals surface area contributed by atoms with Crippen LogP contribution in [0.3, 0.4) is 0 Å². The second kappa shape index (κ2) is 5.03. The number of amides is 2. The number of hydrazine groups is 1. The van der Waals surface area contributed by atoms with Crippen molar-refractivity contribution in [3.05, 3.63) is 0 Å². The van der Waals surface area contributed by atoms with E-state index in [-0.39, 0.29) is 0 Å². The van der Waals surface area contributed by atoms with E-state index in [0.29, 0.717) is 13.8 Å². The van der Waals surface area contributed by atoms with Crippen LogP contribution < -0.4 is 10.9 Å². The average molecular weight is 270 g/mol. The predicted octanol–water partition coefficient (Wildman–Crippen LogP) is 2.13. The lowest BCUT2D eigenvalue weighted by molar-refractivity contribution is -0.211. The van der Waals surface area contributed by atoms with Crippen molar-refractivity contribution in [3.8, 4) is 0 Å². The molecule has 0 aromatic carbocycles. The van der Waals surface area contributed by atoms with Gasteiger partial charge in [-0.2, -0.15) is 13.2 Å². The summed E-state index contributed by atoms with van der Waals surface area (Å²) in [6.07, 6.45) is -5.75. The number of carbonyl (C=O) groups is 2. The van der Waals surface area contributed by atoms with E-state index in [9.17, 15) is 22.8 Å². The minimum atomic E-state index is -4.72. The summed E-state index contributed by atoms with van der Waals surface area (Å²) in [6.45, 7) is 6.15. The number of ether oxygens (including phenoxy) is 1. The fourth-order valence-electron chi connectivity index (χ4n) is 0.696. The number of hydrogen-bond acceptors (Lipinski definition) is 3. The molecule has 0 radical (unpaired) electrons. The van der Waals surface area contributed by atoms with E-state index in [2.05, 4.69) is 0 Å². The normalized spacial score (nSPS) is 12.9. The largest absolute Gasteiger partial charge is 0.443 e. The van der Waals surface area contributed by atoms with Gasteiger partial charge in [0.25, 0.3) is 5.91 Å². The fraction of sp³-hybridized carbons (Fsp3) is 0.800. The van der Waals surface area contributed by atoms with Gasteiger partial charge in [-0.1, -0.05) is 0 Å². The summed E-state index contributed by atoms with van der Waals surface area (Å²) >= 11 is 0. The number of rotatable bonds is 1. The van der Waals surface area contributed by atoms with Crippen LogP contribution in [-0.2, 0) is 9.53 Å². The summed E-state index contributed by atoms with van der Waals surface area (Å²) in [5.41, 5.74) is 0.00457. The van der Waals surface area contributed by atoms with E-state index in [1.807, 2.05) is 0 Å². The van der Waals surface area contributed by atoms with Crippen LogP contribution in [0.15, 0.2) is 0 Å². The van der Waals surface area contributed by atoms with Gasteiger partial charge in [0, 0.05) is 0 Å². The highest BCUT2D eigenvalue weighted by Crippen LogP contribution is 2.37. The van der Waals surface area contributed by atoms with Crippen LogP contribution >= 0.6 is 0 Å². The first-order valence-corrected chi connectivity index (χ1v) is 5.13. The van der Waals surface area contributed by atoms with Gasteiger partial charge in [-0.15, -0.1) is 0 Å². The third-order valence-electron chi connectivity index (χ3n) is 1.95. The fourth-order valence-corrected chi connectivity index (χ4v) is 0.696. The number of halogens is 3. The summed E-state index contributed by atoms with van der Waals surface area (Å²) in [4.78, 5) is 22.4. The van der Waals surface area contributed by atoms with Crippen LogP contribution in [0.5, 0.6) is 0 Å². The van der Waals surface area contributed by atoms with Crippen molar-refractivity contribution in [2.24, 2.45) is 5.41 Å². The molecule has 106 valence electrons. The van der Waals surface area contributed by atoms with Crippen molar-refractivity contribution in [2.75, 3.05) is 0 Å². The third-order valence-corrected chi connectivity index (χ3v) is 1.95. The molecule has 0 aromatic heterocycles. The van der Waals surface area contributed by atoms with Crippen LogP contribution in [0, 0.1) is 5.41 Å². The Labute approximate surface area is 103 Å². The first-order valence-electron chi connectivity index (χ1n) is 5.13. The summed E-state index contributed by atoms with van der Waals surface area (Å²) in [5, 5.41) is 0. The van der Waals surface area contributed by atoms with Crippen molar-refractivity contribution in [3.63, 3.8) is 0 Å². The molecule has 0 fully saturated rings. The highest BCUT2D eigenvalue weighted by molar-refractivity contribution is 5.84. The minimum absolute atomic E-state index is 0.707. The molecular weight excluding hydrogens is 253 g/mol. The van der Waals surface area contributed by atoms with Gasteiger partial charge in [-0.3, -0.25) is 10.2 Å². The number of nitrogens with one attached hydrogen (secondary N) is 2. The molecule has 18 heavy (non-hydrogen) atoms. The lowest BCUT2D eigenvalue weighted by Crippen LogP contribution is -2.53. The Morgan fingerprint density at radius 1 is 0.944 bits per heavy atom. The van der Waals surface area contributed by atoms with Gasteiger partial charge >= 0.3 is 12.3 Å². The zero-order chi connectivity index (χ0) is 14.8. The summed E-state index contributed by atoms with van der Waals surface area (Å²) < 4.78 is 42.2. The number of hydrogen-bond donors (Lipinski definition) is 2. The molecule has 5 nitrogen and oxygen atoms in total. The highest BCUT2D eigenvalue weighted by atomic mass is 19.4. The number of carbonyl (C=O) groups excluding carboxylic acids is 2. The first kappa shape index (κ1) is 16.5. The lowest BCUT2D eigenvalue weighted by atomic mass is 9.92. The Hall–Kier alpha value is -1.47. The molecule has 0 aliphatic heterocycles. The highest BCUT2D eigenvalue weighted by Gasteiger charge is 2.53. The Morgan fingerprint density at radius 3 is 1.72 bits per heavy atom. The molecule has 0 saturated carbocycles. The Balaban J connectivity index is 4.41. The van der Waals surface area contributed by atoms with Gasteiger partial charge in [-0.05, 0) is 34.6 Å². The van der Waals surface area contributed by atoms with Crippen LogP contribution in [0.1, 0.15) is 34.6 Å². The van der Waals surface area contributed by atoms with E-state index in [0.717, 1.165) is 0 Å². The van der Waals surface area contributed by atoms with E-state index in [1.54, 1.807) is 31.6 Å². The Bertz CT molecular complexity index is 332. The second-order valence-electron chi connectivity index (χ2n) is 5.20. The molecule has 0 aliphatic carbocycles. The molecule has 0 bridgehead atoms. The van der Waals surface area contributed by atoms with Crippen molar-refractivity contribution in [1.82, 2.24) is 10.9 Å². The van der Waals surface area contributed by atoms with E-state index in [1.165, 1.54) is 0 Å². The van der Waals surface area contributed by atoms with E-state index >= 15 is 0 Å². The molecular formula is C10H17F3N2O3. The topological polar surface area (TPSA) is 67.4 Å². The van der Waals surface area contributed by atoms with E-state index in [4.69, 9.17) is 4.74 Å². The van der Waals surface area contributed by atoms with Crippen LogP contribution in [0.2, 0.25) is 0 Å². The zero-order valence-electron chi connectivity index (χ0n) is 10.9. The molecule has 0 atom stereocenters. The minimum Gasteiger partial charge on any atom is -0.443 e. The molecule has 8 heteroatoms. The maximum atomic E-state index is 12.5. The standard InChI is InChI=1S/C10H17F3N2O3/c1-8(2,3)18-7(17)15-14-6(16)9(4,5)10(11,12)13/h1-5H3,(H,14,16)(H,15,17). The van der Waals surface area contributed by atoms with Crippen molar-refractivity contribution >= 4 is 12.0 Å². The second-order valence-corrected chi connectivity index (χ2v) is 5.20. The summed E-state index contributed by atoms with van der Waals surface area (Å²) in [7, 11) is 0. The van der Waals surface area contributed by atoms with E-state index < -0.39 is 29.2 Å². The van der Waals surface area contributed by atoms with Gasteiger partial charge in [-0.25, -0.2) is 10.2 Å². The molecule has 0 unspecified atom stereocenters. The Kier molecular flexibility index (Phi) is 4.62. The number of alkyl halides is 3. The van der Waals surface area contributed by atoms with Crippen LogP contribution in [0.4, 0.5) is 18.0 Å². The first-order chi connectivity index (χ1) is 7.77. The van der Waals surface area contributed by atoms with Gasteiger partial charge in [0.1, 0.15) is 11.0 Å². The molecule has 0 saturated heterocycles. The average Bonchev–Trinajstić information content (AvgIpc) is 2.09. The third kappa shape index (κ3) is 4.80. The van der Waals surface area contributed by atoms with Gasteiger partial charge in [0.2, 0.25) is 0 Å². The Morgan fingerprint density at radius 2 is 1.39 bits per heavy atom. The quantitative estimate of drug-likeness (QED) is 0.717. The lowest BCUT2D eigenvalue weighted by Gasteiger charge is -2.26. The molecule has 0 rings (SSSR count). The maximum Gasteiger partial charge on any atom is 0.426 e. The van der Waals surface area contributed by atoms with Crippen LogP contribution in [-0.4, -0.2) is 23.8 Å².